The molecule has 1 unspecified atom stereocenters. The molecule has 0 saturated carbocycles. The summed E-state index contributed by atoms with van der Waals surface area (Å²) >= 11 is 0. The molecule has 1 aromatic rings. The molecule has 5 N–H and O–H groups in total. The molecule has 0 aromatic heterocycles. The van der Waals surface area contributed by atoms with Gasteiger partial charge in [0.05, 0.1) is 26.4 Å². The Morgan fingerprint density at radius 3 is 2.48 bits per heavy atom. The fourth-order valence-corrected chi connectivity index (χ4v) is 3.97. The highest BCUT2D eigenvalue weighted by Gasteiger charge is 2.48. The lowest BCUT2D eigenvalue weighted by Crippen LogP contribution is -2.61. The van der Waals surface area contributed by atoms with Crippen molar-refractivity contribution in [3.8, 4) is 18.1 Å². The van der Waals surface area contributed by atoms with Gasteiger partial charge in [-0.2, -0.15) is 0 Å². The number of carboxylic acids is 1. The number of carboxylic acid groups (broad SMARTS) is 1. The molecule has 242 valence electrons. The Morgan fingerprint density at radius 1 is 1.11 bits per heavy atom. The molecule has 1 aliphatic rings. The maximum Gasteiger partial charge on any atom is 0.335 e. The Kier molecular flexibility index (Phi) is 16.1. The van der Waals surface area contributed by atoms with Gasteiger partial charge in [-0.15, -0.1) is 6.42 Å². The van der Waals surface area contributed by atoms with Gasteiger partial charge < -0.3 is 49.4 Å². The zero-order valence-corrected chi connectivity index (χ0v) is 23.6. The number of aliphatic hydroxyl groups is 3. The first-order chi connectivity index (χ1) is 21.1. The number of nitrogens with zero attached hydrogens (tertiary/aromatic N) is 3. The van der Waals surface area contributed by atoms with Crippen LogP contribution in [0.3, 0.4) is 0 Å². The topological polar surface area (TPSA) is 239 Å². The molecule has 0 bridgehead atoms. The number of ketones is 1. The molecule has 1 aromatic carbocycles. The molecule has 2 rings (SSSR count). The van der Waals surface area contributed by atoms with Gasteiger partial charge in [-0.1, -0.05) is 11.0 Å². The summed E-state index contributed by atoms with van der Waals surface area (Å²) in [6.45, 7) is -0.357. The fourth-order valence-electron chi connectivity index (χ4n) is 3.97. The summed E-state index contributed by atoms with van der Waals surface area (Å²) in [5.74, 6) is -1.42. The number of carbonyl (C=O) groups excluding carboxylic acids is 2. The van der Waals surface area contributed by atoms with E-state index in [-0.39, 0.29) is 62.8 Å². The van der Waals surface area contributed by atoms with E-state index in [1.165, 1.54) is 18.2 Å². The normalized spacial score (nSPS) is 21.8. The third-order valence-electron chi connectivity index (χ3n) is 6.21. The summed E-state index contributed by atoms with van der Waals surface area (Å²) in [5.41, 5.74) is 8.56. The van der Waals surface area contributed by atoms with E-state index < -0.39 is 61.0 Å². The van der Waals surface area contributed by atoms with Crippen molar-refractivity contribution >= 4 is 23.3 Å². The second-order valence-electron chi connectivity index (χ2n) is 9.40. The van der Waals surface area contributed by atoms with Crippen LogP contribution < -0.4 is 10.1 Å². The lowest BCUT2D eigenvalue weighted by molar-refractivity contribution is -0.271. The predicted octanol–water partition coefficient (Wildman–Crippen LogP) is 0.324. The van der Waals surface area contributed by atoms with Crippen LogP contribution in [0, 0.1) is 18.3 Å². The van der Waals surface area contributed by atoms with Crippen molar-refractivity contribution in [1.82, 2.24) is 0 Å². The van der Waals surface area contributed by atoms with Crippen molar-refractivity contribution in [3.63, 3.8) is 0 Å². The van der Waals surface area contributed by atoms with Crippen LogP contribution in [-0.2, 0) is 40.0 Å². The highest BCUT2D eigenvalue weighted by molar-refractivity contribution is 5.95. The summed E-state index contributed by atoms with van der Waals surface area (Å²) in [7, 11) is 0. The summed E-state index contributed by atoms with van der Waals surface area (Å²) in [6, 6.07) is 3.73. The maximum absolute atomic E-state index is 13.9. The van der Waals surface area contributed by atoms with Crippen molar-refractivity contribution in [3.05, 3.63) is 34.2 Å². The number of terminal acetylenes is 1. The second kappa shape index (κ2) is 19.4. The van der Waals surface area contributed by atoms with Crippen molar-refractivity contribution in [2.45, 2.75) is 50.2 Å². The van der Waals surface area contributed by atoms with Crippen LogP contribution in [0.4, 0.5) is 10.1 Å². The third kappa shape index (κ3) is 11.7. The van der Waals surface area contributed by atoms with Gasteiger partial charge in [0.15, 0.2) is 11.9 Å². The van der Waals surface area contributed by atoms with E-state index in [1.54, 1.807) is 0 Å². The zero-order valence-electron chi connectivity index (χ0n) is 23.6. The number of amides is 1. The van der Waals surface area contributed by atoms with E-state index in [1.807, 2.05) is 0 Å². The third-order valence-corrected chi connectivity index (χ3v) is 6.21. The lowest BCUT2D eigenvalue weighted by Gasteiger charge is -2.38. The van der Waals surface area contributed by atoms with Crippen LogP contribution in [-0.4, -0.2) is 115 Å². The minimum Gasteiger partial charge on any atom is -0.479 e. The van der Waals surface area contributed by atoms with Crippen LogP contribution in [0.1, 0.15) is 18.4 Å². The minimum absolute atomic E-state index is 0.0371. The van der Waals surface area contributed by atoms with Gasteiger partial charge in [0.2, 0.25) is 12.2 Å². The summed E-state index contributed by atoms with van der Waals surface area (Å²) in [6.07, 6.45) is -4.54. The highest BCUT2D eigenvalue weighted by atomic mass is 19.1. The molecule has 1 heterocycles. The molecule has 16 nitrogen and oxygen atoms in total. The molecule has 0 aliphatic carbocycles. The van der Waals surface area contributed by atoms with Gasteiger partial charge in [0, 0.05) is 35.0 Å². The van der Waals surface area contributed by atoms with Crippen LogP contribution in [0.5, 0.6) is 5.75 Å². The SMILES string of the molecule is C#CCOCCOCCOCC(=O)CC(CCN=[N+]=[N-])C(=O)Nc1ccc(O[C@H]2O[C@@H](C(=O)O)[C@H](O)[C@@H](O)[C@@H]2O)c(CF)c1. The molecule has 0 spiro atoms. The minimum atomic E-state index is -1.94. The van der Waals surface area contributed by atoms with Gasteiger partial charge in [0.25, 0.3) is 0 Å². The number of azide groups is 1. The van der Waals surface area contributed by atoms with E-state index in [2.05, 4.69) is 21.3 Å². The van der Waals surface area contributed by atoms with Gasteiger partial charge in [0.1, 0.15) is 43.9 Å². The van der Waals surface area contributed by atoms with Crippen molar-refractivity contribution in [2.24, 2.45) is 11.0 Å². The van der Waals surface area contributed by atoms with Crippen LogP contribution in [0.15, 0.2) is 23.3 Å². The van der Waals surface area contributed by atoms with Gasteiger partial charge >= 0.3 is 5.97 Å². The number of aliphatic hydroxyl groups excluding tert-OH is 3. The molecule has 1 fully saturated rings. The first-order valence-corrected chi connectivity index (χ1v) is 13.4. The first-order valence-electron chi connectivity index (χ1n) is 13.4. The smallest absolute Gasteiger partial charge is 0.335 e. The lowest BCUT2D eigenvalue weighted by atomic mass is 9.97. The molecule has 44 heavy (non-hydrogen) atoms. The van der Waals surface area contributed by atoms with E-state index in [0.717, 1.165) is 0 Å². The van der Waals surface area contributed by atoms with Crippen molar-refractivity contribution < 1.29 is 62.9 Å². The van der Waals surface area contributed by atoms with Crippen molar-refractivity contribution in [1.29, 1.82) is 0 Å². The van der Waals surface area contributed by atoms with Crippen LogP contribution in [0.25, 0.3) is 10.4 Å². The van der Waals surface area contributed by atoms with Gasteiger partial charge in [-0.05, 0) is 30.2 Å². The van der Waals surface area contributed by atoms with E-state index >= 15 is 0 Å². The molecule has 6 atom stereocenters. The standard InChI is InChI=1S/C27H35FN4O12/c1-2-7-40-8-9-41-10-11-42-15-19(33)13-16(5-6-30-32-29)25(37)31-18-3-4-20(17(12-18)14-28)43-27-23(36)21(34)22(35)24(44-27)26(38)39/h1,3-4,12,16,21-24,27,34-36H,5-11,13-15H2,(H,31,37)(H,38,39)/t16?,21-,22-,23+,24-,27+/m1/s1. The number of rotatable bonds is 20. The predicted molar refractivity (Wildman–Crippen MR) is 148 cm³/mol. The quantitative estimate of drug-likeness (QED) is 0.0432. The Morgan fingerprint density at radius 2 is 1.82 bits per heavy atom. The molecule has 1 amide bonds. The Labute approximate surface area is 251 Å². The molecular formula is C27H35FN4O12. The Bertz CT molecular complexity index is 1190. The number of benzene rings is 1. The molecule has 17 heteroatoms. The van der Waals surface area contributed by atoms with Crippen LogP contribution in [0.2, 0.25) is 0 Å². The van der Waals surface area contributed by atoms with E-state index in [9.17, 15) is 39.2 Å². The average Bonchev–Trinajstić information content (AvgIpc) is 3.00. The monoisotopic (exact) mass is 626 g/mol. The van der Waals surface area contributed by atoms with Gasteiger partial charge in [-0.25, -0.2) is 9.18 Å². The number of anilines is 1. The number of aliphatic carboxylic acids is 1. The highest BCUT2D eigenvalue weighted by Crippen LogP contribution is 2.29. The number of carbonyl (C=O) groups is 3. The number of hydrogen-bond acceptors (Lipinski definition) is 12. The van der Waals surface area contributed by atoms with Gasteiger partial charge in [-0.3, -0.25) is 9.59 Å². The molecule has 0 radical (unpaired) electrons. The number of nitrogens with one attached hydrogen (secondary N) is 1. The summed E-state index contributed by atoms with van der Waals surface area (Å²) < 4.78 is 40.0. The summed E-state index contributed by atoms with van der Waals surface area (Å²) in [4.78, 5) is 39.4. The second-order valence-corrected chi connectivity index (χ2v) is 9.40. The molecular weight excluding hydrogens is 591 g/mol. The van der Waals surface area contributed by atoms with E-state index in [0.29, 0.717) is 13.2 Å². The largest absolute Gasteiger partial charge is 0.479 e. The molecule has 1 aliphatic heterocycles. The van der Waals surface area contributed by atoms with Crippen LogP contribution >= 0.6 is 0 Å². The number of ether oxygens (including phenoxy) is 5. The fraction of sp³-hybridized carbons (Fsp3) is 0.593. The average molecular weight is 627 g/mol. The van der Waals surface area contributed by atoms with E-state index in [4.69, 9.17) is 35.6 Å². The summed E-state index contributed by atoms with van der Waals surface area (Å²) in [5, 5.41) is 45.1. The number of hydrogen-bond donors (Lipinski definition) is 5. The maximum atomic E-state index is 13.9. The number of halogens is 1. The molecule has 1 saturated heterocycles. The number of Topliss-reactive ketones (excluding diaryl/α,β-unsaturated/α-hetero) is 1. The van der Waals surface area contributed by atoms with Crippen molar-refractivity contribution in [2.75, 3.05) is 51.5 Å². The zero-order chi connectivity index (χ0) is 32.5. The number of alkyl halides is 1. The Balaban J connectivity index is 1.98. The Hall–Kier alpha value is -3.85. The first kappa shape index (κ1) is 36.3.